The molecule has 0 radical (unpaired) electrons. The van der Waals surface area contributed by atoms with Crippen LogP contribution in [0.25, 0.3) is 0 Å². The molecule has 0 aliphatic rings. The van der Waals surface area contributed by atoms with Crippen LogP contribution in [0.4, 0.5) is 0 Å². The van der Waals surface area contributed by atoms with E-state index in [-0.39, 0.29) is 12.1 Å². The second-order valence-electron chi connectivity index (χ2n) is 1.69. The molecule has 0 aliphatic heterocycles. The second-order valence-corrected chi connectivity index (χ2v) is 1.69. The predicted molar refractivity (Wildman–Crippen MR) is 38.1 cm³/mol. The van der Waals surface area contributed by atoms with Crippen LogP contribution in [0.15, 0.2) is 0 Å². The smallest absolute Gasteiger partial charge is 0.302 e. The van der Waals surface area contributed by atoms with Crippen molar-refractivity contribution in [3.8, 4) is 0 Å². The van der Waals surface area contributed by atoms with Gasteiger partial charge in [-0.15, -0.1) is 0 Å². The Morgan fingerprint density at radius 1 is 1.40 bits per heavy atom. The van der Waals surface area contributed by atoms with E-state index in [0.717, 1.165) is 6.42 Å². The molecular weight excluding hydrogens is 134 g/mol. The van der Waals surface area contributed by atoms with Gasteiger partial charge in [0, 0.05) is 27.1 Å². The van der Waals surface area contributed by atoms with Gasteiger partial charge in [0.25, 0.3) is 0 Å². The molecule has 0 heterocycles. The average molecular weight is 149 g/mol. The summed E-state index contributed by atoms with van der Waals surface area (Å²) < 4.78 is 9.36. The highest BCUT2D eigenvalue weighted by Gasteiger charge is 1.90. The number of carbonyl (C=O) groups excluding carboxylic acids is 1. The molecule has 0 unspecified atom stereocenters. The number of rotatable bonds is 4. The summed E-state index contributed by atoms with van der Waals surface area (Å²) in [6.07, 6.45) is 0.774. The average Bonchev–Trinajstić information content (AvgIpc) is 1.80. The Hall–Kier alpha value is -0.610. The zero-order valence-electron chi connectivity index (χ0n) is 6.55. The summed E-state index contributed by atoms with van der Waals surface area (Å²) in [6, 6.07) is 0. The monoisotopic (exact) mass is 149 g/mol. The third-order valence-electron chi connectivity index (χ3n) is 0.798. The van der Waals surface area contributed by atoms with Gasteiger partial charge in [-0.05, 0) is 0 Å². The minimum Gasteiger partial charge on any atom is -0.466 e. The lowest BCUT2D eigenvalue weighted by Crippen LogP contribution is -2.02. The van der Waals surface area contributed by atoms with Crippen molar-refractivity contribution in [3.05, 3.63) is 0 Å². The van der Waals surface area contributed by atoms with Gasteiger partial charge in [0.2, 0.25) is 0 Å². The summed E-state index contributed by atoms with van der Waals surface area (Å²) in [5, 5.41) is 0. The van der Waals surface area contributed by atoms with Gasteiger partial charge in [0.1, 0.15) is 0 Å². The number of hydrogen-bond donors (Lipinski definition) is 1. The van der Waals surface area contributed by atoms with Crippen LogP contribution in [-0.4, -0.2) is 26.3 Å². The van der Waals surface area contributed by atoms with E-state index in [1.54, 1.807) is 7.11 Å². The van der Waals surface area contributed by atoms with E-state index < -0.39 is 0 Å². The Labute approximate surface area is 61.1 Å². The first kappa shape index (κ1) is 12.1. The minimum absolute atomic E-state index is 0. The van der Waals surface area contributed by atoms with Crippen molar-refractivity contribution in [2.75, 3.05) is 20.3 Å². The van der Waals surface area contributed by atoms with Gasteiger partial charge in [-0.2, -0.15) is 0 Å². The summed E-state index contributed by atoms with van der Waals surface area (Å²) in [5.41, 5.74) is 0. The molecule has 0 aromatic rings. The van der Waals surface area contributed by atoms with Crippen LogP contribution in [0, 0.1) is 0 Å². The van der Waals surface area contributed by atoms with Crippen LogP contribution < -0.4 is 6.15 Å². The van der Waals surface area contributed by atoms with Crippen molar-refractivity contribution >= 4 is 5.97 Å². The zero-order valence-corrected chi connectivity index (χ0v) is 6.55. The Kier molecular flexibility index (Phi) is 10.2. The molecule has 0 atom stereocenters. The maximum absolute atomic E-state index is 10.1. The summed E-state index contributed by atoms with van der Waals surface area (Å²) in [5.74, 6) is -0.230. The molecule has 0 saturated heterocycles. The maximum atomic E-state index is 10.1. The van der Waals surface area contributed by atoms with Crippen LogP contribution in [-0.2, 0) is 14.3 Å². The molecule has 4 nitrogen and oxygen atoms in total. The molecule has 0 aliphatic carbocycles. The summed E-state index contributed by atoms with van der Waals surface area (Å²) in [7, 11) is 1.62. The molecule has 62 valence electrons. The molecule has 0 saturated carbocycles. The molecule has 0 spiro atoms. The van der Waals surface area contributed by atoms with Crippen molar-refractivity contribution in [1.29, 1.82) is 0 Å². The van der Waals surface area contributed by atoms with Crippen LogP contribution in [0.1, 0.15) is 13.3 Å². The standard InChI is InChI=1S/C6H12O3.H3N/c1-6(7)9-5-3-4-8-2;/h3-5H2,1-2H3;1H3. The third-order valence-corrected chi connectivity index (χ3v) is 0.798. The molecule has 0 fully saturated rings. The zero-order chi connectivity index (χ0) is 7.11. The molecule has 3 N–H and O–H groups in total. The van der Waals surface area contributed by atoms with Gasteiger partial charge in [0.05, 0.1) is 6.61 Å². The highest BCUT2D eigenvalue weighted by molar-refractivity contribution is 5.65. The number of carbonyl (C=O) groups is 1. The van der Waals surface area contributed by atoms with Gasteiger partial charge < -0.3 is 15.6 Å². The Balaban J connectivity index is 0. The van der Waals surface area contributed by atoms with E-state index in [0.29, 0.717) is 13.2 Å². The summed E-state index contributed by atoms with van der Waals surface area (Å²) in [4.78, 5) is 10.1. The molecule has 4 heteroatoms. The Morgan fingerprint density at radius 3 is 2.40 bits per heavy atom. The fraction of sp³-hybridized carbons (Fsp3) is 0.833. The molecule has 0 amide bonds. The van der Waals surface area contributed by atoms with E-state index in [9.17, 15) is 4.79 Å². The first-order chi connectivity index (χ1) is 4.27. The lowest BCUT2D eigenvalue weighted by molar-refractivity contribution is -0.141. The number of ether oxygens (including phenoxy) is 2. The predicted octanol–water partition coefficient (Wildman–Crippen LogP) is 0.748. The van der Waals surface area contributed by atoms with Crippen LogP contribution in [0.5, 0.6) is 0 Å². The van der Waals surface area contributed by atoms with Crippen molar-refractivity contribution in [2.45, 2.75) is 13.3 Å². The van der Waals surface area contributed by atoms with Crippen molar-refractivity contribution in [1.82, 2.24) is 6.15 Å². The number of methoxy groups -OCH3 is 1. The summed E-state index contributed by atoms with van der Waals surface area (Å²) in [6.45, 7) is 2.50. The largest absolute Gasteiger partial charge is 0.466 e. The topological polar surface area (TPSA) is 70.5 Å². The second kappa shape index (κ2) is 8.39. The van der Waals surface area contributed by atoms with Crippen molar-refractivity contribution in [3.63, 3.8) is 0 Å². The van der Waals surface area contributed by atoms with Crippen LogP contribution >= 0.6 is 0 Å². The van der Waals surface area contributed by atoms with E-state index in [1.807, 2.05) is 0 Å². The van der Waals surface area contributed by atoms with Gasteiger partial charge in [-0.3, -0.25) is 4.79 Å². The van der Waals surface area contributed by atoms with Gasteiger partial charge in [-0.25, -0.2) is 0 Å². The Morgan fingerprint density at radius 2 is 2.00 bits per heavy atom. The van der Waals surface area contributed by atoms with Gasteiger partial charge in [0.15, 0.2) is 0 Å². The molecular formula is C6H15NO3. The van der Waals surface area contributed by atoms with Gasteiger partial charge in [-0.1, -0.05) is 0 Å². The van der Waals surface area contributed by atoms with Gasteiger partial charge >= 0.3 is 5.97 Å². The highest BCUT2D eigenvalue weighted by atomic mass is 16.5. The van der Waals surface area contributed by atoms with E-state index >= 15 is 0 Å². The van der Waals surface area contributed by atoms with E-state index in [2.05, 4.69) is 4.74 Å². The molecule has 0 rings (SSSR count). The molecule has 0 aromatic carbocycles. The lowest BCUT2D eigenvalue weighted by atomic mass is 10.5. The number of esters is 1. The SMILES string of the molecule is COCCCOC(C)=O.N. The van der Waals surface area contributed by atoms with Crippen LogP contribution in [0.3, 0.4) is 0 Å². The van der Waals surface area contributed by atoms with Crippen LogP contribution in [0.2, 0.25) is 0 Å². The van der Waals surface area contributed by atoms with E-state index in [1.165, 1.54) is 6.92 Å². The minimum atomic E-state index is -0.230. The summed E-state index contributed by atoms with van der Waals surface area (Å²) >= 11 is 0. The highest BCUT2D eigenvalue weighted by Crippen LogP contribution is 1.82. The fourth-order valence-electron chi connectivity index (χ4n) is 0.419. The first-order valence-electron chi connectivity index (χ1n) is 2.89. The maximum Gasteiger partial charge on any atom is 0.302 e. The van der Waals surface area contributed by atoms with Crippen molar-refractivity contribution in [2.24, 2.45) is 0 Å². The normalized spacial score (nSPS) is 8.20. The third kappa shape index (κ3) is 10.4. The van der Waals surface area contributed by atoms with E-state index in [4.69, 9.17) is 4.74 Å². The lowest BCUT2D eigenvalue weighted by Gasteiger charge is -1.98. The fourth-order valence-corrected chi connectivity index (χ4v) is 0.419. The Bertz CT molecular complexity index is 85.1. The first-order valence-corrected chi connectivity index (χ1v) is 2.89. The molecule has 0 aromatic heterocycles. The number of hydrogen-bond acceptors (Lipinski definition) is 4. The van der Waals surface area contributed by atoms with Crippen molar-refractivity contribution < 1.29 is 14.3 Å². The quantitative estimate of drug-likeness (QED) is 0.473. The molecule has 10 heavy (non-hydrogen) atoms. The molecule has 0 bridgehead atoms.